The van der Waals surface area contributed by atoms with Crippen LogP contribution >= 0.6 is 0 Å². The van der Waals surface area contributed by atoms with Crippen molar-refractivity contribution in [2.45, 2.75) is 45.6 Å². The van der Waals surface area contributed by atoms with E-state index in [9.17, 15) is 24.3 Å². The molecule has 0 aromatic carbocycles. The maximum absolute atomic E-state index is 12.7. The molecule has 0 saturated carbocycles. The van der Waals surface area contributed by atoms with Gasteiger partial charge in [0.25, 0.3) is 5.56 Å². The van der Waals surface area contributed by atoms with Crippen LogP contribution in [0.15, 0.2) is 22.2 Å². The van der Waals surface area contributed by atoms with E-state index < -0.39 is 17.1 Å². The summed E-state index contributed by atoms with van der Waals surface area (Å²) in [6, 6.07) is 1.33. The number of rotatable bonds is 6. The molecular weight excluding hydrogens is 361 g/mol. The first kappa shape index (κ1) is 23.3. The van der Waals surface area contributed by atoms with Crippen LogP contribution in [0.3, 0.4) is 0 Å². The van der Waals surface area contributed by atoms with Crippen LogP contribution in [-0.4, -0.2) is 80.9 Å². The van der Waals surface area contributed by atoms with E-state index in [1.807, 2.05) is 0 Å². The van der Waals surface area contributed by atoms with Gasteiger partial charge in [-0.2, -0.15) is 5.10 Å². The molecule has 0 aliphatic heterocycles. The average Bonchev–Trinajstić information content (AvgIpc) is 2.57. The molecule has 1 amide bonds. The second-order valence-electron chi connectivity index (χ2n) is 6.55. The molecule has 1 aliphatic rings. The number of carbonyl (C=O) groups excluding carboxylic acids is 3. The first-order valence-electron chi connectivity index (χ1n) is 8.51. The minimum Gasteiger partial charge on any atom is -0.511 e. The summed E-state index contributed by atoms with van der Waals surface area (Å²) in [5.74, 6) is -1.54. The predicted molar refractivity (Wildman–Crippen MR) is 99.8 cm³/mol. The number of ketones is 2. The molecule has 0 spiro atoms. The number of aromatic nitrogens is 2. The quantitative estimate of drug-likeness (QED) is 0.441. The monoisotopic (exact) mass is 384 g/mol. The summed E-state index contributed by atoms with van der Waals surface area (Å²) in [7, 11) is 3.30. The molecule has 0 atom stereocenters. The van der Waals surface area contributed by atoms with Crippen LogP contribution in [0.1, 0.15) is 48.2 Å². The van der Waals surface area contributed by atoms with Gasteiger partial charge in [-0.1, -0.05) is 0 Å². The zero-order valence-corrected chi connectivity index (χ0v) is 18.2. The summed E-state index contributed by atoms with van der Waals surface area (Å²) in [4.78, 5) is 50.4. The molecule has 1 radical (unpaired) electrons. The smallest absolute Gasteiger partial charge is 0.278 e. The number of allylic oxidation sites excluding steroid dienone is 2. The zero-order valence-electron chi connectivity index (χ0n) is 16.2. The summed E-state index contributed by atoms with van der Waals surface area (Å²) in [6.07, 6.45) is 1.56. The SMILES string of the molecule is Cc1cc(C(=O)C2=C(O)CCCC2=O)c(=O)n(CCCC(=O)N(C)C)n1.[Na]. The minimum atomic E-state index is -0.763. The molecule has 0 fully saturated rings. The second-order valence-corrected chi connectivity index (χ2v) is 6.55. The first-order valence-corrected chi connectivity index (χ1v) is 8.51. The van der Waals surface area contributed by atoms with Gasteiger partial charge in [-0.3, -0.25) is 19.2 Å². The second kappa shape index (κ2) is 9.96. The molecular formula is C18H23N3NaO5. The minimum absolute atomic E-state index is 0. The van der Waals surface area contributed by atoms with E-state index in [0.717, 1.165) is 4.68 Å². The average molecular weight is 384 g/mol. The molecule has 8 nitrogen and oxygen atoms in total. The topological polar surface area (TPSA) is 110 Å². The molecule has 0 saturated heterocycles. The fourth-order valence-electron chi connectivity index (χ4n) is 2.81. The summed E-state index contributed by atoms with van der Waals surface area (Å²) in [5, 5.41) is 14.0. The first-order chi connectivity index (χ1) is 12.2. The molecule has 1 aromatic rings. The van der Waals surface area contributed by atoms with Crippen molar-refractivity contribution in [2.75, 3.05) is 14.1 Å². The Hall–Kier alpha value is -1.77. The third-order valence-corrected chi connectivity index (χ3v) is 4.21. The van der Waals surface area contributed by atoms with Gasteiger partial charge in [-0.25, -0.2) is 4.68 Å². The van der Waals surface area contributed by atoms with Crippen molar-refractivity contribution in [2.24, 2.45) is 0 Å². The van der Waals surface area contributed by atoms with Crippen molar-refractivity contribution < 1.29 is 19.5 Å². The van der Waals surface area contributed by atoms with E-state index in [4.69, 9.17) is 0 Å². The molecule has 27 heavy (non-hydrogen) atoms. The van der Waals surface area contributed by atoms with Crippen LogP contribution in [0, 0.1) is 6.92 Å². The largest absolute Gasteiger partial charge is 0.511 e. The fraction of sp³-hybridized carbons (Fsp3) is 0.500. The van der Waals surface area contributed by atoms with E-state index in [1.54, 1.807) is 21.0 Å². The number of hydrogen-bond acceptors (Lipinski definition) is 6. The number of aliphatic hydroxyl groups is 1. The Morgan fingerprint density at radius 1 is 1.26 bits per heavy atom. The number of Topliss-reactive ketones (excluding diaryl/α,β-unsaturated/α-hetero) is 2. The van der Waals surface area contributed by atoms with Crippen molar-refractivity contribution in [1.29, 1.82) is 0 Å². The van der Waals surface area contributed by atoms with E-state index in [0.29, 0.717) is 18.5 Å². The number of hydrogen-bond donors (Lipinski definition) is 1. The van der Waals surface area contributed by atoms with Crippen molar-refractivity contribution in [3.63, 3.8) is 0 Å². The summed E-state index contributed by atoms with van der Waals surface area (Å²) < 4.78 is 1.14. The third kappa shape index (κ3) is 5.60. The van der Waals surface area contributed by atoms with Gasteiger partial charge < -0.3 is 10.0 Å². The molecule has 1 aromatic heterocycles. The molecule has 1 N–H and O–H groups in total. The number of aryl methyl sites for hydroxylation is 2. The van der Waals surface area contributed by atoms with Gasteiger partial charge in [-0.15, -0.1) is 0 Å². The van der Waals surface area contributed by atoms with Crippen molar-refractivity contribution in [1.82, 2.24) is 14.7 Å². The Morgan fingerprint density at radius 3 is 2.52 bits per heavy atom. The summed E-state index contributed by atoms with van der Waals surface area (Å²) in [6.45, 7) is 1.81. The molecule has 0 unspecified atom stereocenters. The Kier molecular flexibility index (Phi) is 8.59. The predicted octanol–water partition coefficient (Wildman–Crippen LogP) is 0.787. The Balaban J connectivity index is 0.00000364. The molecule has 2 rings (SSSR count). The standard InChI is InChI=1S/C18H23N3O5.Na/c1-11-10-12(17(25)16-13(22)6-4-7-14(16)23)18(26)21(19-11)9-5-8-15(24)20(2)3;/h10,22H,4-9H2,1-3H3;. The number of aliphatic hydroxyl groups excluding tert-OH is 1. The van der Waals surface area contributed by atoms with Crippen molar-refractivity contribution in [3.05, 3.63) is 39.0 Å². The molecule has 1 heterocycles. The summed E-state index contributed by atoms with van der Waals surface area (Å²) in [5.41, 5.74) is -0.673. The van der Waals surface area contributed by atoms with E-state index in [-0.39, 0.29) is 78.2 Å². The van der Waals surface area contributed by atoms with Crippen LogP contribution in [0.5, 0.6) is 0 Å². The third-order valence-electron chi connectivity index (χ3n) is 4.21. The van der Waals surface area contributed by atoms with Gasteiger partial charge in [0.1, 0.15) is 11.3 Å². The van der Waals surface area contributed by atoms with Gasteiger partial charge in [0.05, 0.1) is 11.3 Å². The van der Waals surface area contributed by atoms with Crippen LogP contribution in [0.4, 0.5) is 0 Å². The van der Waals surface area contributed by atoms with Gasteiger partial charge in [0, 0.05) is 69.5 Å². The van der Waals surface area contributed by atoms with Gasteiger partial charge in [-0.05, 0) is 25.8 Å². The number of carbonyl (C=O) groups is 3. The van der Waals surface area contributed by atoms with E-state index in [1.165, 1.54) is 11.0 Å². The maximum atomic E-state index is 12.7. The van der Waals surface area contributed by atoms with Crippen LogP contribution in [0.25, 0.3) is 0 Å². The van der Waals surface area contributed by atoms with Crippen LogP contribution in [0.2, 0.25) is 0 Å². The Labute approximate surface area is 179 Å². The Morgan fingerprint density at radius 2 is 1.93 bits per heavy atom. The molecule has 9 heteroatoms. The molecule has 141 valence electrons. The van der Waals surface area contributed by atoms with E-state index >= 15 is 0 Å². The fourth-order valence-corrected chi connectivity index (χ4v) is 2.81. The van der Waals surface area contributed by atoms with Gasteiger partial charge in [0.15, 0.2) is 5.78 Å². The maximum Gasteiger partial charge on any atom is 0.278 e. The van der Waals surface area contributed by atoms with Gasteiger partial charge in [0.2, 0.25) is 11.7 Å². The normalized spacial score (nSPS) is 14.0. The van der Waals surface area contributed by atoms with Crippen LogP contribution < -0.4 is 5.56 Å². The number of amides is 1. The molecule has 1 aliphatic carbocycles. The van der Waals surface area contributed by atoms with Gasteiger partial charge >= 0.3 is 0 Å². The van der Waals surface area contributed by atoms with Crippen LogP contribution in [-0.2, 0) is 16.1 Å². The zero-order chi connectivity index (χ0) is 19.4. The summed E-state index contributed by atoms with van der Waals surface area (Å²) >= 11 is 0. The molecule has 0 bridgehead atoms. The van der Waals surface area contributed by atoms with E-state index in [2.05, 4.69) is 5.10 Å². The van der Waals surface area contributed by atoms with Crippen molar-refractivity contribution in [3.8, 4) is 0 Å². The van der Waals surface area contributed by atoms with Crippen molar-refractivity contribution >= 4 is 47.0 Å². The number of nitrogens with zero attached hydrogens (tertiary/aromatic N) is 3. The Bertz CT molecular complexity index is 842.